The number of phenols is 1. The highest BCUT2D eigenvalue weighted by Gasteiger charge is 2.56. The summed E-state index contributed by atoms with van der Waals surface area (Å²) < 4.78 is 30.0. The summed E-state index contributed by atoms with van der Waals surface area (Å²) in [5.74, 6) is 2.24. The van der Waals surface area contributed by atoms with Crippen molar-refractivity contribution in [2.24, 2.45) is 0 Å². The molecular weight excluding hydrogens is 805 g/mol. The van der Waals surface area contributed by atoms with Crippen molar-refractivity contribution in [1.29, 1.82) is 5.26 Å². The fourth-order valence-corrected chi connectivity index (χ4v) is 12.1. The van der Waals surface area contributed by atoms with Crippen LogP contribution >= 0.6 is 11.8 Å². The molecule has 1 saturated heterocycles. The first-order valence-corrected chi connectivity index (χ1v) is 22.5. The van der Waals surface area contributed by atoms with Gasteiger partial charge < -0.3 is 34.1 Å². The zero-order chi connectivity index (χ0) is 43.8. The Hall–Kier alpha value is -5.42. The van der Waals surface area contributed by atoms with Gasteiger partial charge in [0, 0.05) is 46.2 Å². The zero-order valence-electron chi connectivity index (χ0n) is 36.5. The topological polar surface area (TPSA) is 143 Å². The Morgan fingerprint density at radius 2 is 1.66 bits per heavy atom. The number of aryl methyl sites for hydroxylation is 1. The van der Waals surface area contributed by atoms with Crippen molar-refractivity contribution in [1.82, 2.24) is 15.1 Å². The Morgan fingerprint density at radius 3 is 2.32 bits per heavy atom. The number of likely N-dealkylation sites (N-methyl/N-ethyl adjacent to an activating group) is 1. The average Bonchev–Trinajstić information content (AvgIpc) is 3.85. The average molecular weight is 859 g/mol. The number of carbonyl (C=O) groups excluding carboxylic acids is 2. The molecule has 4 aliphatic heterocycles. The van der Waals surface area contributed by atoms with Crippen molar-refractivity contribution in [2.75, 3.05) is 39.1 Å². The van der Waals surface area contributed by atoms with Gasteiger partial charge in [0.05, 0.1) is 25.3 Å². The van der Waals surface area contributed by atoms with Crippen molar-refractivity contribution in [2.45, 2.75) is 102 Å². The Bertz CT molecular complexity index is 2470. The highest BCUT2D eigenvalue weighted by molar-refractivity contribution is 7.99. The number of piperazine rings is 1. The number of hydrogen-bond acceptors (Lipinski definition) is 12. The number of esters is 1. The molecule has 0 saturated carbocycles. The summed E-state index contributed by atoms with van der Waals surface area (Å²) >= 11 is 1.57. The smallest absolute Gasteiger partial charge is 0.408 e. The molecule has 5 aliphatic rings. The van der Waals surface area contributed by atoms with Crippen molar-refractivity contribution in [3.8, 4) is 40.2 Å². The number of carbonyl (C=O) groups is 2. The van der Waals surface area contributed by atoms with E-state index in [0.29, 0.717) is 46.8 Å². The fourth-order valence-electron chi connectivity index (χ4n) is 11.0. The van der Waals surface area contributed by atoms with Crippen LogP contribution in [0.4, 0.5) is 4.79 Å². The summed E-state index contributed by atoms with van der Waals surface area (Å²) in [5.41, 5.74) is 10.4. The minimum Gasteiger partial charge on any atom is -0.507 e. The quantitative estimate of drug-likeness (QED) is 0.159. The van der Waals surface area contributed by atoms with Gasteiger partial charge in [0.2, 0.25) is 6.79 Å². The molecular formula is C49H54N4O8S. The monoisotopic (exact) mass is 858 g/mol. The number of nitrogens with zero attached hydrogens (tertiary/aromatic N) is 3. The molecule has 4 aromatic rings. The summed E-state index contributed by atoms with van der Waals surface area (Å²) in [7, 11) is 3.77. The lowest BCUT2D eigenvalue weighted by atomic mass is 9.71. The lowest BCUT2D eigenvalue weighted by Crippen LogP contribution is -2.68. The van der Waals surface area contributed by atoms with Crippen molar-refractivity contribution in [3.05, 3.63) is 105 Å². The molecule has 9 rings (SSSR count). The Balaban J connectivity index is 1.06. The van der Waals surface area contributed by atoms with E-state index >= 15 is 0 Å². The molecule has 12 nitrogen and oxygen atoms in total. The molecule has 0 aromatic heterocycles. The predicted octanol–water partition coefficient (Wildman–Crippen LogP) is 7.81. The summed E-state index contributed by atoms with van der Waals surface area (Å²) in [6.07, 6.45) is 0.325. The van der Waals surface area contributed by atoms with E-state index in [9.17, 15) is 20.0 Å². The maximum Gasteiger partial charge on any atom is 0.408 e. The predicted molar refractivity (Wildman–Crippen MR) is 236 cm³/mol. The van der Waals surface area contributed by atoms with Gasteiger partial charge >= 0.3 is 12.1 Å². The molecule has 1 amide bonds. The minimum atomic E-state index is -1.05. The number of nitriles is 1. The number of methoxy groups -OCH3 is 1. The number of phenolic OH excluding ortho intramolecular Hbond substituents is 1. The van der Waals surface area contributed by atoms with Crippen LogP contribution in [-0.4, -0.2) is 95.8 Å². The summed E-state index contributed by atoms with van der Waals surface area (Å²) in [5, 5.41) is 25.9. The molecule has 1 fully saturated rings. The number of thioether (sulfide) groups is 1. The molecule has 4 heterocycles. The lowest BCUT2D eigenvalue weighted by Gasteiger charge is -2.60. The van der Waals surface area contributed by atoms with Gasteiger partial charge in [0.15, 0.2) is 11.5 Å². The van der Waals surface area contributed by atoms with E-state index in [1.54, 1.807) is 39.6 Å². The van der Waals surface area contributed by atoms with E-state index in [1.807, 2.05) is 6.92 Å². The standard InChI is InChI=1S/C49H54N4O8S/c1-25-17-28-18-36-38(20-50)53-37(42(52(36)7)40(28)26(2)44(25)57-8)19-33-41(46-45(59-24-60-46)27(3)43(33)54)39(53)21-58-47(55)35(51-48(56)61-49(4,5)6)23-62-22-34-31-15-11-9-13-29(31)30-14-10-12-16-32(30)34/h9-17,34-39,42,54H,18-19,21-24H2,1-8H3,(H,51,56)/t35-,36-,37?,38-,39-,42-/m0/s1. The maximum absolute atomic E-state index is 14.5. The van der Waals surface area contributed by atoms with Crippen LogP contribution in [0.1, 0.15) is 88.8 Å². The number of aromatic hydroxyl groups is 1. The Labute approximate surface area is 367 Å². The van der Waals surface area contributed by atoms with E-state index in [-0.39, 0.29) is 48.9 Å². The van der Waals surface area contributed by atoms with Gasteiger partial charge in [-0.1, -0.05) is 54.6 Å². The molecule has 6 atom stereocenters. The molecule has 324 valence electrons. The van der Waals surface area contributed by atoms with Gasteiger partial charge in [-0.2, -0.15) is 17.0 Å². The number of nitrogens with one attached hydrogen (secondary N) is 1. The van der Waals surface area contributed by atoms with Crippen molar-refractivity contribution in [3.63, 3.8) is 0 Å². The Morgan fingerprint density at radius 1 is 0.984 bits per heavy atom. The molecule has 0 radical (unpaired) electrons. The van der Waals surface area contributed by atoms with E-state index in [1.165, 1.54) is 27.8 Å². The van der Waals surface area contributed by atoms with E-state index in [4.69, 9.17) is 23.7 Å². The largest absolute Gasteiger partial charge is 0.507 e. The second-order valence-corrected chi connectivity index (χ2v) is 19.2. The van der Waals surface area contributed by atoms with Crippen LogP contribution in [0.15, 0.2) is 54.6 Å². The summed E-state index contributed by atoms with van der Waals surface area (Å²) in [4.78, 5) is 32.4. The molecule has 1 aliphatic carbocycles. The van der Waals surface area contributed by atoms with Crippen LogP contribution in [0, 0.1) is 32.1 Å². The number of rotatable bonds is 9. The number of fused-ring (bicyclic) bond motifs is 12. The second-order valence-electron chi connectivity index (χ2n) is 18.1. The third-order valence-electron chi connectivity index (χ3n) is 13.5. The van der Waals surface area contributed by atoms with E-state index in [2.05, 4.69) is 96.7 Å². The molecule has 62 heavy (non-hydrogen) atoms. The number of benzene rings is 4. The molecule has 2 bridgehead atoms. The number of hydrogen-bond donors (Lipinski definition) is 2. The SMILES string of the molecule is COc1c(C)cc2c(c1C)[C@@H]1C3Cc4c(O)c(C)c5c(c4[C@H](COC(=O)[C@H](CSCC4c6ccccc6-c6ccccc64)NC(=O)OC(C)(C)C)N3[C@@H](C#N)[C@H](C2)N1C)OCO5. The molecule has 13 heteroatoms. The second kappa shape index (κ2) is 16.0. The van der Waals surface area contributed by atoms with Gasteiger partial charge in [0.25, 0.3) is 0 Å². The maximum atomic E-state index is 14.5. The fraction of sp³-hybridized carbons (Fsp3) is 0.449. The Kier molecular flexibility index (Phi) is 10.8. The van der Waals surface area contributed by atoms with Crippen LogP contribution in [0.3, 0.4) is 0 Å². The molecule has 0 spiro atoms. The highest BCUT2D eigenvalue weighted by Crippen LogP contribution is 2.57. The normalized spacial score (nSPS) is 22.6. The first-order chi connectivity index (χ1) is 29.7. The number of amides is 1. The van der Waals surface area contributed by atoms with E-state index < -0.39 is 35.8 Å². The van der Waals surface area contributed by atoms with E-state index in [0.717, 1.165) is 22.4 Å². The van der Waals surface area contributed by atoms with Crippen molar-refractivity contribution >= 4 is 23.8 Å². The number of ether oxygens (including phenoxy) is 5. The zero-order valence-corrected chi connectivity index (χ0v) is 37.4. The molecule has 1 unspecified atom stereocenters. The summed E-state index contributed by atoms with van der Waals surface area (Å²) in [6, 6.07) is 18.6. The lowest BCUT2D eigenvalue weighted by molar-refractivity contribution is -0.151. The van der Waals surface area contributed by atoms with Crippen LogP contribution in [0.25, 0.3) is 11.1 Å². The molecule has 4 aromatic carbocycles. The third-order valence-corrected chi connectivity index (χ3v) is 14.6. The van der Waals surface area contributed by atoms with Gasteiger partial charge in [-0.15, -0.1) is 0 Å². The van der Waals surface area contributed by atoms with Crippen molar-refractivity contribution < 1.29 is 38.4 Å². The first kappa shape index (κ1) is 41.9. The van der Waals surface area contributed by atoms with Gasteiger partial charge in [0.1, 0.15) is 35.8 Å². The van der Waals surface area contributed by atoms with Crippen LogP contribution in [0.5, 0.6) is 23.0 Å². The first-order valence-electron chi connectivity index (χ1n) is 21.3. The summed E-state index contributed by atoms with van der Waals surface area (Å²) in [6.45, 7) is 11.1. The minimum absolute atomic E-state index is 0.0293. The van der Waals surface area contributed by atoms with Crippen LogP contribution < -0.4 is 19.5 Å². The van der Waals surface area contributed by atoms with Gasteiger partial charge in [-0.25, -0.2) is 9.59 Å². The highest BCUT2D eigenvalue weighted by atomic mass is 32.2. The van der Waals surface area contributed by atoms with Crippen LogP contribution in [-0.2, 0) is 27.1 Å². The third kappa shape index (κ3) is 6.91. The molecule has 2 N–H and O–H groups in total. The van der Waals surface area contributed by atoms with Crippen LogP contribution in [0.2, 0.25) is 0 Å². The number of alkyl carbamates (subject to hydrolysis) is 1. The van der Waals surface area contributed by atoms with Gasteiger partial charge in [-0.05, 0) is 106 Å². The van der Waals surface area contributed by atoms with Gasteiger partial charge in [-0.3, -0.25) is 9.80 Å².